The molecule has 0 fully saturated rings. The van der Waals surface area contributed by atoms with Gasteiger partial charge >= 0.3 is 6.18 Å². The van der Waals surface area contributed by atoms with Crippen LogP contribution in [0.2, 0.25) is 0 Å². The Labute approximate surface area is 91.7 Å². The van der Waals surface area contributed by atoms with Crippen molar-refractivity contribution in [2.24, 2.45) is 5.16 Å². The Morgan fingerprint density at radius 2 is 1.94 bits per heavy atom. The van der Waals surface area contributed by atoms with Gasteiger partial charge in [-0.1, -0.05) is 23.4 Å². The van der Waals surface area contributed by atoms with E-state index in [1.54, 1.807) is 6.92 Å². The summed E-state index contributed by atoms with van der Waals surface area (Å²) in [6.45, 7) is 3.53. The summed E-state index contributed by atoms with van der Waals surface area (Å²) in [5, 5.41) is 3.60. The van der Waals surface area contributed by atoms with Gasteiger partial charge in [-0.05, 0) is 19.9 Å². The molecule has 5 heteroatoms. The van der Waals surface area contributed by atoms with E-state index >= 15 is 0 Å². The molecule has 0 heterocycles. The third-order valence-corrected chi connectivity index (χ3v) is 1.95. The van der Waals surface area contributed by atoms with E-state index in [0.29, 0.717) is 6.61 Å². The Kier molecular flexibility index (Phi) is 3.93. The highest BCUT2D eigenvalue weighted by molar-refractivity contribution is 5.99. The van der Waals surface area contributed by atoms with E-state index in [1.807, 2.05) is 0 Å². The van der Waals surface area contributed by atoms with E-state index in [0.717, 1.165) is 6.07 Å². The van der Waals surface area contributed by atoms with Crippen molar-refractivity contribution in [2.75, 3.05) is 6.61 Å². The lowest BCUT2D eigenvalue weighted by Crippen LogP contribution is -2.12. The van der Waals surface area contributed by atoms with Crippen molar-refractivity contribution < 1.29 is 18.0 Å². The quantitative estimate of drug-likeness (QED) is 0.576. The van der Waals surface area contributed by atoms with Crippen LogP contribution in [-0.2, 0) is 11.0 Å². The summed E-state index contributed by atoms with van der Waals surface area (Å²) in [6.07, 6.45) is -4.38. The zero-order valence-electron chi connectivity index (χ0n) is 9.01. The van der Waals surface area contributed by atoms with Crippen LogP contribution in [0.1, 0.15) is 25.0 Å². The fraction of sp³-hybridized carbons (Fsp3) is 0.364. The average molecular weight is 231 g/mol. The van der Waals surface area contributed by atoms with Gasteiger partial charge in [-0.25, -0.2) is 0 Å². The number of oxime groups is 1. The summed E-state index contributed by atoms with van der Waals surface area (Å²) in [6, 6.07) is 5.29. The number of hydrogen-bond acceptors (Lipinski definition) is 2. The van der Waals surface area contributed by atoms with Crippen molar-refractivity contribution in [3.63, 3.8) is 0 Å². The summed E-state index contributed by atoms with van der Waals surface area (Å²) in [5.74, 6) is 0. The molecule has 0 radical (unpaired) electrons. The van der Waals surface area contributed by atoms with Crippen molar-refractivity contribution >= 4 is 5.71 Å². The fourth-order valence-corrected chi connectivity index (χ4v) is 1.26. The Morgan fingerprint density at radius 1 is 1.31 bits per heavy atom. The standard InChI is InChI=1S/C11H12F3NO/c1-3-16-15-8(2)9-6-4-5-7-10(9)11(12,13)14/h4-7H,3H2,1-2H3. The van der Waals surface area contributed by atoms with Gasteiger partial charge in [-0.3, -0.25) is 0 Å². The van der Waals surface area contributed by atoms with Gasteiger partial charge < -0.3 is 4.84 Å². The molecule has 0 saturated carbocycles. The highest BCUT2D eigenvalue weighted by atomic mass is 19.4. The number of alkyl halides is 3. The first-order chi connectivity index (χ1) is 7.46. The zero-order chi connectivity index (χ0) is 12.2. The maximum atomic E-state index is 12.6. The van der Waals surface area contributed by atoms with Crippen LogP contribution in [0.4, 0.5) is 13.2 Å². The number of nitrogens with zero attached hydrogens (tertiary/aromatic N) is 1. The van der Waals surface area contributed by atoms with E-state index in [9.17, 15) is 13.2 Å². The monoisotopic (exact) mass is 231 g/mol. The normalized spacial score (nSPS) is 12.7. The summed E-state index contributed by atoms with van der Waals surface area (Å²) in [4.78, 5) is 4.74. The molecule has 16 heavy (non-hydrogen) atoms. The molecule has 0 unspecified atom stereocenters. The molecule has 0 amide bonds. The maximum Gasteiger partial charge on any atom is 0.417 e. The predicted molar refractivity (Wildman–Crippen MR) is 55.3 cm³/mol. The molecule has 0 aliphatic rings. The van der Waals surface area contributed by atoms with E-state index in [-0.39, 0.29) is 11.3 Å². The number of halogens is 3. The Morgan fingerprint density at radius 3 is 2.50 bits per heavy atom. The molecule has 0 spiro atoms. The van der Waals surface area contributed by atoms with Gasteiger partial charge in [-0.2, -0.15) is 13.2 Å². The molecule has 0 saturated heterocycles. The largest absolute Gasteiger partial charge is 0.417 e. The second-order valence-corrected chi connectivity index (χ2v) is 3.14. The van der Waals surface area contributed by atoms with Crippen LogP contribution >= 0.6 is 0 Å². The molecule has 0 bridgehead atoms. The Bertz CT molecular complexity index is 385. The molecule has 1 rings (SSSR count). The number of hydrogen-bond donors (Lipinski definition) is 0. The van der Waals surface area contributed by atoms with Crippen LogP contribution in [0.3, 0.4) is 0 Å². The van der Waals surface area contributed by atoms with Gasteiger partial charge in [0.1, 0.15) is 6.61 Å². The van der Waals surface area contributed by atoms with Crippen molar-refractivity contribution in [3.8, 4) is 0 Å². The molecule has 88 valence electrons. The molecule has 0 aromatic heterocycles. The molecule has 0 aliphatic heterocycles. The minimum absolute atomic E-state index is 0.0449. The summed E-state index contributed by atoms with van der Waals surface area (Å²) in [5.41, 5.74) is -0.436. The van der Waals surface area contributed by atoms with Crippen LogP contribution in [-0.4, -0.2) is 12.3 Å². The lowest BCUT2D eigenvalue weighted by Gasteiger charge is -2.11. The van der Waals surface area contributed by atoms with Gasteiger partial charge in [0.25, 0.3) is 0 Å². The number of benzene rings is 1. The minimum Gasteiger partial charge on any atom is -0.396 e. The van der Waals surface area contributed by atoms with Gasteiger partial charge in [0.05, 0.1) is 11.3 Å². The first-order valence-corrected chi connectivity index (χ1v) is 4.80. The topological polar surface area (TPSA) is 21.6 Å². The van der Waals surface area contributed by atoms with Gasteiger partial charge in [0.2, 0.25) is 0 Å². The summed E-state index contributed by atoms with van der Waals surface area (Å²) < 4.78 is 37.9. The second-order valence-electron chi connectivity index (χ2n) is 3.14. The van der Waals surface area contributed by atoms with Crippen LogP contribution in [0.25, 0.3) is 0 Å². The van der Waals surface area contributed by atoms with E-state index in [4.69, 9.17) is 4.84 Å². The molecular formula is C11H12F3NO. The molecular weight excluding hydrogens is 219 g/mol. The van der Waals surface area contributed by atoms with Gasteiger partial charge in [0.15, 0.2) is 0 Å². The van der Waals surface area contributed by atoms with Crippen molar-refractivity contribution in [1.82, 2.24) is 0 Å². The highest BCUT2D eigenvalue weighted by Crippen LogP contribution is 2.32. The SMILES string of the molecule is CCON=C(C)c1ccccc1C(F)(F)F. The zero-order valence-corrected chi connectivity index (χ0v) is 9.01. The Hall–Kier alpha value is -1.52. The first-order valence-electron chi connectivity index (χ1n) is 4.80. The molecule has 2 nitrogen and oxygen atoms in total. The minimum atomic E-state index is -4.38. The van der Waals surface area contributed by atoms with Crippen molar-refractivity contribution in [1.29, 1.82) is 0 Å². The molecule has 1 aromatic carbocycles. The van der Waals surface area contributed by atoms with Crippen LogP contribution in [0.15, 0.2) is 29.4 Å². The Balaban J connectivity index is 3.14. The molecule has 0 atom stereocenters. The molecule has 0 aliphatic carbocycles. The van der Waals surface area contributed by atoms with Crippen molar-refractivity contribution in [3.05, 3.63) is 35.4 Å². The van der Waals surface area contributed by atoms with E-state index < -0.39 is 11.7 Å². The van der Waals surface area contributed by atoms with Gasteiger partial charge in [0, 0.05) is 5.56 Å². The van der Waals surface area contributed by atoms with E-state index in [2.05, 4.69) is 5.16 Å². The lowest BCUT2D eigenvalue weighted by molar-refractivity contribution is -0.137. The third kappa shape index (κ3) is 2.98. The van der Waals surface area contributed by atoms with Crippen LogP contribution in [0.5, 0.6) is 0 Å². The van der Waals surface area contributed by atoms with Crippen LogP contribution < -0.4 is 0 Å². The average Bonchev–Trinajstić information content (AvgIpc) is 2.24. The second kappa shape index (κ2) is 5.01. The van der Waals surface area contributed by atoms with Gasteiger partial charge in [-0.15, -0.1) is 0 Å². The third-order valence-electron chi connectivity index (χ3n) is 1.95. The predicted octanol–water partition coefficient (Wildman–Crippen LogP) is 3.47. The first kappa shape index (κ1) is 12.5. The van der Waals surface area contributed by atoms with Crippen LogP contribution in [0, 0.1) is 0 Å². The molecule has 1 aromatic rings. The smallest absolute Gasteiger partial charge is 0.396 e. The fourth-order valence-electron chi connectivity index (χ4n) is 1.26. The molecule has 0 N–H and O–H groups in total. The maximum absolute atomic E-state index is 12.6. The van der Waals surface area contributed by atoms with Crippen molar-refractivity contribution in [2.45, 2.75) is 20.0 Å². The highest BCUT2D eigenvalue weighted by Gasteiger charge is 2.33. The summed E-state index contributed by atoms with van der Waals surface area (Å²) in [7, 11) is 0. The lowest BCUT2D eigenvalue weighted by atomic mass is 10.0. The number of rotatable bonds is 3. The summed E-state index contributed by atoms with van der Waals surface area (Å²) >= 11 is 0. The van der Waals surface area contributed by atoms with E-state index in [1.165, 1.54) is 25.1 Å².